The first kappa shape index (κ1) is 14.5. The van der Waals surface area contributed by atoms with Gasteiger partial charge in [0.1, 0.15) is 5.82 Å². The third kappa shape index (κ3) is 2.80. The van der Waals surface area contributed by atoms with E-state index in [1.807, 2.05) is 12.1 Å². The van der Waals surface area contributed by atoms with Crippen LogP contribution in [-0.2, 0) is 6.42 Å². The van der Waals surface area contributed by atoms with Crippen molar-refractivity contribution in [2.75, 3.05) is 6.54 Å². The Morgan fingerprint density at radius 2 is 2.20 bits per heavy atom. The number of hydrogen-bond donors (Lipinski definition) is 1. The van der Waals surface area contributed by atoms with Crippen LogP contribution in [0.2, 0.25) is 0 Å². The van der Waals surface area contributed by atoms with Gasteiger partial charge in [0.25, 0.3) is 0 Å². The van der Waals surface area contributed by atoms with Gasteiger partial charge in [-0.1, -0.05) is 25.5 Å². The molecule has 1 aromatic carbocycles. The molecule has 0 spiro atoms. The number of nitrogens with one attached hydrogen (secondary N) is 1. The lowest BCUT2D eigenvalue weighted by Gasteiger charge is -2.31. The second kappa shape index (κ2) is 6.15. The molecule has 0 heterocycles. The molecule has 2 bridgehead atoms. The van der Waals surface area contributed by atoms with E-state index in [9.17, 15) is 4.39 Å². The fraction of sp³-hybridized carbons (Fsp3) is 0.647. The monoisotopic (exact) mass is 339 g/mol. The molecule has 20 heavy (non-hydrogen) atoms. The van der Waals surface area contributed by atoms with Gasteiger partial charge in [0.2, 0.25) is 0 Å². The summed E-state index contributed by atoms with van der Waals surface area (Å²) in [6.45, 7) is 3.16. The molecule has 110 valence electrons. The summed E-state index contributed by atoms with van der Waals surface area (Å²) in [5.74, 6) is 2.49. The first-order chi connectivity index (χ1) is 9.69. The van der Waals surface area contributed by atoms with Gasteiger partial charge >= 0.3 is 0 Å². The van der Waals surface area contributed by atoms with Crippen LogP contribution in [-0.4, -0.2) is 12.6 Å². The summed E-state index contributed by atoms with van der Waals surface area (Å²) < 4.78 is 14.3. The number of fused-ring (bicyclic) bond motifs is 2. The number of hydrogen-bond acceptors (Lipinski definition) is 1. The van der Waals surface area contributed by atoms with Crippen LogP contribution in [0.15, 0.2) is 22.7 Å². The van der Waals surface area contributed by atoms with Crippen molar-refractivity contribution in [1.29, 1.82) is 0 Å². The van der Waals surface area contributed by atoms with Crippen LogP contribution in [0.5, 0.6) is 0 Å². The topological polar surface area (TPSA) is 12.0 Å². The summed E-state index contributed by atoms with van der Waals surface area (Å²) in [5, 5.41) is 3.66. The lowest BCUT2D eigenvalue weighted by molar-refractivity contribution is 0.249. The van der Waals surface area contributed by atoms with Gasteiger partial charge in [0.15, 0.2) is 0 Å². The van der Waals surface area contributed by atoms with Gasteiger partial charge in [-0.3, -0.25) is 0 Å². The maximum Gasteiger partial charge on any atom is 0.137 e. The van der Waals surface area contributed by atoms with Gasteiger partial charge in [-0.2, -0.15) is 0 Å². The van der Waals surface area contributed by atoms with Gasteiger partial charge in [0, 0.05) is 6.04 Å². The Morgan fingerprint density at radius 1 is 1.35 bits per heavy atom. The van der Waals surface area contributed by atoms with Gasteiger partial charge in [-0.05, 0) is 77.5 Å². The molecular weight excluding hydrogens is 317 g/mol. The molecule has 0 saturated heterocycles. The molecule has 2 aliphatic carbocycles. The van der Waals surface area contributed by atoms with Gasteiger partial charge in [0.05, 0.1) is 4.47 Å². The maximum absolute atomic E-state index is 13.7. The van der Waals surface area contributed by atoms with E-state index in [1.54, 1.807) is 0 Å². The van der Waals surface area contributed by atoms with E-state index in [0.717, 1.165) is 36.3 Å². The quantitative estimate of drug-likeness (QED) is 0.829. The lowest BCUT2D eigenvalue weighted by Crippen LogP contribution is -2.40. The largest absolute Gasteiger partial charge is 0.314 e. The van der Waals surface area contributed by atoms with Gasteiger partial charge in [-0.25, -0.2) is 4.39 Å². The van der Waals surface area contributed by atoms with E-state index < -0.39 is 0 Å². The van der Waals surface area contributed by atoms with Crippen molar-refractivity contribution in [3.05, 3.63) is 34.1 Å². The smallest absolute Gasteiger partial charge is 0.137 e. The van der Waals surface area contributed by atoms with Crippen molar-refractivity contribution >= 4 is 15.9 Å². The van der Waals surface area contributed by atoms with E-state index in [2.05, 4.69) is 28.2 Å². The molecule has 1 nitrogen and oxygen atoms in total. The molecule has 0 aliphatic heterocycles. The third-order valence-corrected chi connectivity index (χ3v) is 6.14. The molecule has 1 aromatic rings. The third-order valence-electron chi connectivity index (χ3n) is 5.25. The minimum atomic E-state index is -0.148. The van der Waals surface area contributed by atoms with Crippen LogP contribution in [0.4, 0.5) is 4.39 Å². The van der Waals surface area contributed by atoms with Crippen molar-refractivity contribution < 1.29 is 4.39 Å². The van der Waals surface area contributed by atoms with E-state index in [-0.39, 0.29) is 5.82 Å². The summed E-state index contributed by atoms with van der Waals surface area (Å²) >= 11 is 3.41. The van der Waals surface area contributed by atoms with E-state index in [0.29, 0.717) is 10.5 Å². The number of halogens is 2. The summed E-state index contributed by atoms with van der Waals surface area (Å²) in [4.78, 5) is 0. The van der Waals surface area contributed by atoms with Crippen molar-refractivity contribution in [1.82, 2.24) is 5.32 Å². The summed E-state index contributed by atoms with van der Waals surface area (Å²) in [5.41, 5.74) is 1.10. The van der Waals surface area contributed by atoms with Crippen LogP contribution < -0.4 is 5.32 Å². The predicted octanol–water partition coefficient (Wildman–Crippen LogP) is 4.55. The lowest BCUT2D eigenvalue weighted by atomic mass is 9.81. The molecule has 3 heteroatoms. The SMILES string of the molecule is CCNC(Cc1cccc(F)c1Br)C1CC2CCC1C2. The summed E-state index contributed by atoms with van der Waals surface area (Å²) in [6.07, 6.45) is 6.57. The predicted molar refractivity (Wildman–Crippen MR) is 84.2 cm³/mol. The molecule has 2 aliphatic rings. The highest BCUT2D eigenvalue weighted by molar-refractivity contribution is 9.10. The first-order valence-corrected chi connectivity index (χ1v) is 8.64. The van der Waals surface area contributed by atoms with Gasteiger partial charge in [-0.15, -0.1) is 0 Å². The molecule has 4 unspecified atom stereocenters. The fourth-order valence-corrected chi connectivity index (χ4v) is 4.79. The van der Waals surface area contributed by atoms with Crippen LogP contribution in [0.1, 0.15) is 38.2 Å². The highest BCUT2D eigenvalue weighted by atomic mass is 79.9. The fourth-order valence-electron chi connectivity index (χ4n) is 4.37. The zero-order valence-corrected chi connectivity index (χ0v) is 13.6. The minimum Gasteiger partial charge on any atom is -0.314 e. The molecule has 2 saturated carbocycles. The highest BCUT2D eigenvalue weighted by Crippen LogP contribution is 2.50. The standard InChI is InChI=1S/C17H23BrFN/c1-2-20-16(14-9-11-6-7-12(14)8-11)10-13-4-3-5-15(19)17(13)18/h3-5,11-12,14,16,20H,2,6-10H2,1H3. The molecule has 0 amide bonds. The van der Waals surface area contributed by atoms with Crippen LogP contribution in [0, 0.1) is 23.6 Å². The van der Waals surface area contributed by atoms with Crippen LogP contribution in [0.25, 0.3) is 0 Å². The zero-order valence-electron chi connectivity index (χ0n) is 12.0. The molecule has 4 atom stereocenters. The second-order valence-corrected chi connectivity index (χ2v) is 7.21. The Kier molecular flexibility index (Phi) is 4.46. The van der Waals surface area contributed by atoms with Crippen molar-refractivity contribution in [2.24, 2.45) is 17.8 Å². The Bertz CT molecular complexity index is 476. The Morgan fingerprint density at radius 3 is 2.85 bits per heavy atom. The molecular formula is C17H23BrFN. The summed E-state index contributed by atoms with van der Waals surface area (Å²) in [7, 11) is 0. The normalized spacial score (nSPS) is 29.9. The number of likely N-dealkylation sites (N-methyl/N-ethyl adjacent to an activating group) is 1. The molecule has 0 radical (unpaired) electrons. The van der Waals surface area contributed by atoms with Crippen LogP contribution >= 0.6 is 15.9 Å². The van der Waals surface area contributed by atoms with Crippen LogP contribution in [0.3, 0.4) is 0 Å². The Labute approximate surface area is 129 Å². The zero-order chi connectivity index (χ0) is 14.1. The first-order valence-electron chi connectivity index (χ1n) is 7.85. The van der Waals surface area contributed by atoms with Crippen molar-refractivity contribution in [3.63, 3.8) is 0 Å². The molecule has 3 rings (SSSR count). The van der Waals surface area contributed by atoms with E-state index >= 15 is 0 Å². The molecule has 0 aromatic heterocycles. The number of rotatable bonds is 5. The average Bonchev–Trinajstić information content (AvgIpc) is 3.05. The highest BCUT2D eigenvalue weighted by Gasteiger charge is 2.42. The van der Waals surface area contributed by atoms with Crippen molar-refractivity contribution in [3.8, 4) is 0 Å². The second-order valence-electron chi connectivity index (χ2n) is 6.42. The minimum absolute atomic E-state index is 0.148. The summed E-state index contributed by atoms with van der Waals surface area (Å²) in [6, 6.07) is 5.88. The van der Waals surface area contributed by atoms with E-state index in [4.69, 9.17) is 0 Å². The average molecular weight is 340 g/mol. The Hall–Kier alpha value is -0.410. The van der Waals surface area contributed by atoms with E-state index in [1.165, 1.54) is 31.7 Å². The van der Waals surface area contributed by atoms with Gasteiger partial charge < -0.3 is 5.32 Å². The Balaban J connectivity index is 1.76. The molecule has 1 N–H and O–H groups in total. The molecule has 2 fully saturated rings. The maximum atomic E-state index is 13.7. The van der Waals surface area contributed by atoms with Crippen molar-refractivity contribution in [2.45, 2.75) is 45.1 Å². The number of benzene rings is 1.